The van der Waals surface area contributed by atoms with Crippen molar-refractivity contribution >= 4 is 17.9 Å². The Morgan fingerprint density at radius 2 is 0.551 bits per heavy atom. The van der Waals surface area contributed by atoms with Crippen molar-refractivity contribution in [1.29, 1.82) is 0 Å². The minimum absolute atomic E-state index is 0.110. The predicted octanol–water partition coefficient (Wildman–Crippen LogP) is 18.4. The smallest absolute Gasteiger partial charge is 0.306 e. The van der Waals surface area contributed by atoms with Crippen molar-refractivity contribution in [3.8, 4) is 0 Å². The summed E-state index contributed by atoms with van der Waals surface area (Å²) in [6.07, 6.45) is 79.5. The van der Waals surface area contributed by atoms with Crippen molar-refractivity contribution in [3.05, 3.63) is 146 Å². The summed E-state index contributed by atoms with van der Waals surface area (Å²) in [6.45, 7) is 6.36. The number of hydrogen-bond donors (Lipinski definition) is 0. The molecule has 0 aliphatic heterocycles. The van der Waals surface area contributed by atoms with Gasteiger partial charge in [0, 0.05) is 19.3 Å². The zero-order chi connectivity index (χ0) is 50.0. The molecular formula is C63H98O6. The fourth-order valence-electron chi connectivity index (χ4n) is 6.90. The van der Waals surface area contributed by atoms with Gasteiger partial charge in [-0.2, -0.15) is 0 Å². The molecule has 0 spiro atoms. The lowest BCUT2D eigenvalue weighted by molar-refractivity contribution is -0.167. The predicted molar refractivity (Wildman–Crippen MR) is 297 cm³/mol. The van der Waals surface area contributed by atoms with Gasteiger partial charge in [0.1, 0.15) is 13.2 Å². The van der Waals surface area contributed by atoms with Gasteiger partial charge in [0.2, 0.25) is 0 Å². The van der Waals surface area contributed by atoms with E-state index in [1.165, 1.54) is 51.4 Å². The first-order chi connectivity index (χ1) is 34.0. The molecule has 6 nitrogen and oxygen atoms in total. The second-order valence-corrected chi connectivity index (χ2v) is 17.7. The van der Waals surface area contributed by atoms with E-state index in [0.29, 0.717) is 12.8 Å². The third kappa shape index (κ3) is 54.1. The quantitative estimate of drug-likeness (QED) is 0.0262. The maximum Gasteiger partial charge on any atom is 0.306 e. The maximum absolute atomic E-state index is 12.8. The minimum atomic E-state index is -0.815. The first-order valence-corrected chi connectivity index (χ1v) is 27.5. The van der Waals surface area contributed by atoms with Gasteiger partial charge in [-0.3, -0.25) is 14.4 Å². The van der Waals surface area contributed by atoms with E-state index in [9.17, 15) is 14.4 Å². The molecular weight excluding hydrogens is 853 g/mol. The number of ether oxygens (including phenoxy) is 3. The lowest BCUT2D eigenvalue weighted by atomic mass is 10.1. The van der Waals surface area contributed by atoms with Crippen LogP contribution in [-0.2, 0) is 28.6 Å². The van der Waals surface area contributed by atoms with Crippen molar-refractivity contribution in [1.82, 2.24) is 0 Å². The SMILES string of the molecule is CCC\C=C/C=C\C=C/C=C\C=C/CCCCCCCC(=O)OCC(COC(=O)CCCCCCCC/C=C\C=C/CCCCC)OC(=O)CCCCCCC\C=C/C=C\C=C/C=C\C=C/CCC. The van der Waals surface area contributed by atoms with Gasteiger partial charge in [0.25, 0.3) is 0 Å². The summed E-state index contributed by atoms with van der Waals surface area (Å²) in [5.74, 6) is -0.979. The average molecular weight is 951 g/mol. The van der Waals surface area contributed by atoms with Crippen LogP contribution in [0.3, 0.4) is 0 Å². The van der Waals surface area contributed by atoms with Gasteiger partial charge in [0.15, 0.2) is 6.10 Å². The van der Waals surface area contributed by atoms with Crippen molar-refractivity contribution in [2.75, 3.05) is 13.2 Å². The van der Waals surface area contributed by atoms with Gasteiger partial charge in [-0.05, 0) is 83.5 Å². The fraction of sp³-hybridized carbons (Fsp3) is 0.571. The summed E-state index contributed by atoms with van der Waals surface area (Å²) in [6, 6.07) is 0. The summed E-state index contributed by atoms with van der Waals surface area (Å²) in [5, 5.41) is 0. The summed E-state index contributed by atoms with van der Waals surface area (Å²) in [5.41, 5.74) is 0. The topological polar surface area (TPSA) is 78.9 Å². The van der Waals surface area contributed by atoms with Crippen molar-refractivity contribution in [3.63, 3.8) is 0 Å². The van der Waals surface area contributed by atoms with Gasteiger partial charge in [0.05, 0.1) is 0 Å². The Morgan fingerprint density at radius 1 is 0.290 bits per heavy atom. The van der Waals surface area contributed by atoms with Crippen molar-refractivity contribution in [2.45, 2.75) is 219 Å². The first-order valence-electron chi connectivity index (χ1n) is 27.5. The molecule has 1 atom stereocenters. The summed E-state index contributed by atoms with van der Waals surface area (Å²) in [7, 11) is 0. The minimum Gasteiger partial charge on any atom is -0.462 e. The monoisotopic (exact) mass is 951 g/mol. The number of carbonyl (C=O) groups is 3. The average Bonchev–Trinajstić information content (AvgIpc) is 3.35. The van der Waals surface area contributed by atoms with Gasteiger partial charge in [-0.25, -0.2) is 0 Å². The molecule has 0 aromatic rings. The van der Waals surface area contributed by atoms with E-state index in [1.54, 1.807) is 0 Å². The molecule has 0 amide bonds. The van der Waals surface area contributed by atoms with E-state index in [4.69, 9.17) is 14.2 Å². The zero-order valence-corrected chi connectivity index (χ0v) is 44.0. The number of esters is 3. The zero-order valence-electron chi connectivity index (χ0n) is 44.0. The van der Waals surface area contributed by atoms with E-state index in [-0.39, 0.29) is 37.5 Å². The van der Waals surface area contributed by atoms with Crippen LogP contribution < -0.4 is 0 Å². The Morgan fingerprint density at radius 3 is 0.884 bits per heavy atom. The molecule has 0 saturated carbocycles. The van der Waals surface area contributed by atoms with Crippen LogP contribution in [0.25, 0.3) is 0 Å². The third-order valence-electron chi connectivity index (χ3n) is 11.0. The third-order valence-corrected chi connectivity index (χ3v) is 11.0. The molecule has 0 aliphatic carbocycles. The van der Waals surface area contributed by atoms with Crippen molar-refractivity contribution < 1.29 is 28.6 Å². The van der Waals surface area contributed by atoms with Gasteiger partial charge >= 0.3 is 17.9 Å². The molecule has 0 radical (unpaired) electrons. The fourth-order valence-corrected chi connectivity index (χ4v) is 6.90. The first kappa shape index (κ1) is 64.3. The Kier molecular flexibility index (Phi) is 52.1. The number of hydrogen-bond acceptors (Lipinski definition) is 6. The van der Waals surface area contributed by atoms with Crippen LogP contribution in [0.5, 0.6) is 0 Å². The Labute approximate surface area is 423 Å². The lowest BCUT2D eigenvalue weighted by Crippen LogP contribution is -2.30. The molecule has 0 bridgehead atoms. The van der Waals surface area contributed by atoms with Gasteiger partial charge < -0.3 is 14.2 Å². The van der Waals surface area contributed by atoms with Gasteiger partial charge in [-0.15, -0.1) is 0 Å². The highest BCUT2D eigenvalue weighted by molar-refractivity contribution is 5.71. The Hall–Kier alpha value is -4.71. The van der Waals surface area contributed by atoms with Crippen LogP contribution in [0.15, 0.2) is 146 Å². The van der Waals surface area contributed by atoms with Crippen LogP contribution in [0.2, 0.25) is 0 Å². The van der Waals surface area contributed by atoms with Gasteiger partial charge in [-0.1, -0.05) is 256 Å². The van der Waals surface area contributed by atoms with Crippen LogP contribution in [0.1, 0.15) is 213 Å². The normalized spacial score (nSPS) is 13.3. The van der Waals surface area contributed by atoms with E-state index in [0.717, 1.165) is 122 Å². The standard InChI is InChI=1S/C63H98O6/c1-4-7-10-13-16-19-22-25-28-30-32-35-38-41-44-47-50-53-56-62(65)68-59-60(58-67-61(64)55-52-49-46-43-40-37-34-27-24-21-18-15-12-9-6-3)69-63(66)57-54-51-48-45-42-39-36-33-31-29-26-23-20-17-14-11-8-5-2/h10-11,13-14,16-33,35-36,60H,4-9,12,15,34,37-59H2,1-3H3/b13-10-,14-11-,19-16-,20-17-,21-18-,25-22-,26-23-,27-24-,30-28-,31-29-,35-32-,36-33-. The van der Waals surface area contributed by atoms with Crippen LogP contribution in [0, 0.1) is 0 Å². The molecule has 0 aromatic heterocycles. The molecule has 0 fully saturated rings. The summed E-state index contributed by atoms with van der Waals surface area (Å²) < 4.78 is 16.8. The number of carbonyl (C=O) groups excluding carboxylic acids is 3. The van der Waals surface area contributed by atoms with Crippen LogP contribution in [0.4, 0.5) is 0 Å². The highest BCUT2D eigenvalue weighted by Crippen LogP contribution is 2.13. The molecule has 0 aromatic carbocycles. The largest absolute Gasteiger partial charge is 0.462 e. The number of unbranched alkanes of at least 4 members (excludes halogenated alkanes) is 21. The molecule has 0 rings (SSSR count). The summed E-state index contributed by atoms with van der Waals surface area (Å²) in [4.78, 5) is 38.1. The molecule has 0 N–H and O–H groups in total. The summed E-state index contributed by atoms with van der Waals surface area (Å²) >= 11 is 0. The maximum atomic E-state index is 12.8. The van der Waals surface area contributed by atoms with Crippen LogP contribution in [-0.4, -0.2) is 37.2 Å². The Balaban J connectivity index is 4.56. The molecule has 0 heterocycles. The molecule has 6 heteroatoms. The number of rotatable bonds is 47. The lowest BCUT2D eigenvalue weighted by Gasteiger charge is -2.18. The number of allylic oxidation sites excluding steroid dienone is 24. The van der Waals surface area contributed by atoms with Crippen LogP contribution >= 0.6 is 0 Å². The molecule has 1 unspecified atom stereocenters. The second-order valence-electron chi connectivity index (χ2n) is 17.7. The van der Waals surface area contributed by atoms with E-state index in [2.05, 4.69) is 93.7 Å². The van der Waals surface area contributed by atoms with Crippen molar-refractivity contribution in [2.24, 2.45) is 0 Å². The Bertz CT molecular complexity index is 1560. The molecule has 69 heavy (non-hydrogen) atoms. The molecule has 0 saturated heterocycles. The van der Waals surface area contributed by atoms with E-state index < -0.39 is 6.10 Å². The van der Waals surface area contributed by atoms with E-state index >= 15 is 0 Å². The second kappa shape index (κ2) is 55.9. The highest BCUT2D eigenvalue weighted by Gasteiger charge is 2.19. The van der Waals surface area contributed by atoms with E-state index in [1.807, 2.05) is 72.9 Å². The molecule has 0 aliphatic rings. The highest BCUT2D eigenvalue weighted by atomic mass is 16.6. The molecule has 386 valence electrons.